The summed E-state index contributed by atoms with van der Waals surface area (Å²) in [5.41, 5.74) is 2.27. The fraction of sp³-hybridized carbons (Fsp3) is 0. The molecule has 112 valence electrons. The summed E-state index contributed by atoms with van der Waals surface area (Å²) in [4.78, 5) is 4.36. The van der Waals surface area contributed by atoms with Gasteiger partial charge in [0.25, 0.3) is 0 Å². The number of benzene rings is 2. The van der Waals surface area contributed by atoms with Crippen LogP contribution < -0.4 is 10.6 Å². The summed E-state index contributed by atoms with van der Waals surface area (Å²) in [6.45, 7) is 0. The fourth-order valence-corrected chi connectivity index (χ4v) is 2.29. The van der Waals surface area contributed by atoms with Crippen molar-refractivity contribution in [2.75, 3.05) is 10.6 Å². The second-order valence-corrected chi connectivity index (χ2v) is 5.53. The van der Waals surface area contributed by atoms with Gasteiger partial charge in [-0.25, -0.2) is 0 Å². The van der Waals surface area contributed by atoms with E-state index in [1.54, 1.807) is 30.5 Å². The van der Waals surface area contributed by atoms with Gasteiger partial charge in [-0.15, -0.1) is 5.10 Å². The second kappa shape index (κ2) is 6.85. The number of nitrogens with one attached hydrogen (secondary N) is 2. The molecular weight excluding hydrogens is 356 g/mol. The zero-order valence-electron chi connectivity index (χ0n) is 11.9. The molecule has 2 aromatic carbocycles. The number of nitriles is 1. The molecule has 0 saturated heterocycles. The van der Waals surface area contributed by atoms with Crippen LogP contribution in [0.3, 0.4) is 0 Å². The van der Waals surface area contributed by atoms with Crippen LogP contribution in [0.25, 0.3) is 0 Å². The largest absolute Gasteiger partial charge is 0.339 e. The van der Waals surface area contributed by atoms with Gasteiger partial charge in [-0.1, -0.05) is 22.0 Å². The standard InChI is InChI=1S/C16H11BrN6/c17-12-2-1-3-14(8-12)20-15-10-19-23-16(22-15)21-13-6-4-11(9-18)5-7-13/h1-8,10H,(H2,20,21,22,23). The topological polar surface area (TPSA) is 86.5 Å². The number of anilines is 4. The van der Waals surface area contributed by atoms with Gasteiger partial charge >= 0.3 is 0 Å². The fourth-order valence-electron chi connectivity index (χ4n) is 1.89. The number of nitrogens with zero attached hydrogens (tertiary/aromatic N) is 4. The first-order valence-electron chi connectivity index (χ1n) is 6.72. The molecule has 3 aromatic rings. The van der Waals surface area contributed by atoms with E-state index in [4.69, 9.17) is 5.26 Å². The highest BCUT2D eigenvalue weighted by Crippen LogP contribution is 2.20. The van der Waals surface area contributed by atoms with E-state index in [9.17, 15) is 0 Å². The Kier molecular flexibility index (Phi) is 4.45. The van der Waals surface area contributed by atoms with E-state index in [-0.39, 0.29) is 0 Å². The number of rotatable bonds is 4. The molecule has 1 aromatic heterocycles. The summed E-state index contributed by atoms with van der Waals surface area (Å²) in [5.74, 6) is 0.948. The van der Waals surface area contributed by atoms with E-state index in [0.717, 1.165) is 15.8 Å². The minimum atomic E-state index is 0.370. The average Bonchev–Trinajstić information content (AvgIpc) is 2.56. The van der Waals surface area contributed by atoms with Gasteiger partial charge in [0.2, 0.25) is 5.95 Å². The lowest BCUT2D eigenvalue weighted by atomic mass is 10.2. The van der Waals surface area contributed by atoms with E-state index >= 15 is 0 Å². The predicted molar refractivity (Wildman–Crippen MR) is 91.7 cm³/mol. The predicted octanol–water partition coefficient (Wildman–Crippen LogP) is 3.99. The maximum atomic E-state index is 8.80. The molecule has 0 aliphatic rings. The summed E-state index contributed by atoms with van der Waals surface area (Å²) in [6, 6.07) is 16.8. The Hall–Kier alpha value is -2.98. The minimum absolute atomic E-state index is 0.370. The van der Waals surface area contributed by atoms with Crippen LogP contribution in [-0.2, 0) is 0 Å². The molecular formula is C16H11BrN6. The van der Waals surface area contributed by atoms with E-state index in [1.807, 2.05) is 24.3 Å². The van der Waals surface area contributed by atoms with Crippen LogP contribution in [0.4, 0.5) is 23.1 Å². The lowest BCUT2D eigenvalue weighted by molar-refractivity contribution is 0.982. The van der Waals surface area contributed by atoms with Crippen molar-refractivity contribution < 1.29 is 0 Å². The van der Waals surface area contributed by atoms with E-state index in [2.05, 4.69) is 47.8 Å². The highest BCUT2D eigenvalue weighted by Gasteiger charge is 2.03. The quantitative estimate of drug-likeness (QED) is 0.725. The molecule has 0 bridgehead atoms. The smallest absolute Gasteiger partial charge is 0.249 e. The van der Waals surface area contributed by atoms with E-state index < -0.39 is 0 Å². The SMILES string of the molecule is N#Cc1ccc(Nc2nncc(Nc3cccc(Br)c3)n2)cc1. The van der Waals surface area contributed by atoms with Crippen LogP contribution in [0.15, 0.2) is 59.2 Å². The van der Waals surface area contributed by atoms with Crippen LogP contribution in [0.5, 0.6) is 0 Å². The van der Waals surface area contributed by atoms with Crippen LogP contribution in [-0.4, -0.2) is 15.2 Å². The van der Waals surface area contributed by atoms with Gasteiger partial charge in [0.1, 0.15) is 0 Å². The number of hydrogen-bond acceptors (Lipinski definition) is 6. The number of hydrogen-bond donors (Lipinski definition) is 2. The molecule has 0 aliphatic heterocycles. The van der Waals surface area contributed by atoms with E-state index in [0.29, 0.717) is 17.3 Å². The summed E-state index contributed by atoms with van der Waals surface area (Å²) < 4.78 is 0.973. The molecule has 2 N–H and O–H groups in total. The number of halogens is 1. The zero-order chi connectivity index (χ0) is 16.1. The third kappa shape index (κ3) is 4.02. The Morgan fingerprint density at radius 3 is 2.57 bits per heavy atom. The summed E-state index contributed by atoms with van der Waals surface area (Å²) in [6.07, 6.45) is 1.55. The lowest BCUT2D eigenvalue weighted by Gasteiger charge is -2.08. The maximum Gasteiger partial charge on any atom is 0.249 e. The van der Waals surface area contributed by atoms with Gasteiger partial charge in [0.05, 0.1) is 17.8 Å². The van der Waals surface area contributed by atoms with Crippen molar-refractivity contribution in [2.24, 2.45) is 0 Å². The molecule has 3 rings (SSSR count). The van der Waals surface area contributed by atoms with Crippen molar-refractivity contribution in [2.45, 2.75) is 0 Å². The highest BCUT2D eigenvalue weighted by atomic mass is 79.9. The third-order valence-corrected chi connectivity index (χ3v) is 3.42. The van der Waals surface area contributed by atoms with Gasteiger partial charge in [0, 0.05) is 15.8 Å². The monoisotopic (exact) mass is 366 g/mol. The second-order valence-electron chi connectivity index (χ2n) is 4.61. The van der Waals surface area contributed by atoms with Gasteiger partial charge in [0.15, 0.2) is 5.82 Å². The summed E-state index contributed by atoms with van der Waals surface area (Å²) in [5, 5.41) is 22.9. The van der Waals surface area contributed by atoms with Crippen LogP contribution in [0, 0.1) is 11.3 Å². The van der Waals surface area contributed by atoms with Gasteiger partial charge in [-0.3, -0.25) is 0 Å². The zero-order valence-corrected chi connectivity index (χ0v) is 13.4. The van der Waals surface area contributed by atoms with E-state index in [1.165, 1.54) is 0 Å². The molecule has 23 heavy (non-hydrogen) atoms. The highest BCUT2D eigenvalue weighted by molar-refractivity contribution is 9.10. The molecule has 0 spiro atoms. The first kappa shape index (κ1) is 14.9. The van der Waals surface area contributed by atoms with Crippen LogP contribution in [0.1, 0.15) is 5.56 Å². The maximum absolute atomic E-state index is 8.80. The molecule has 0 saturated carbocycles. The lowest BCUT2D eigenvalue weighted by Crippen LogP contribution is -2.02. The van der Waals surface area contributed by atoms with Crippen LogP contribution >= 0.6 is 15.9 Å². The molecule has 0 atom stereocenters. The van der Waals surface area contributed by atoms with Crippen molar-refractivity contribution in [3.05, 3.63) is 64.8 Å². The molecule has 6 nitrogen and oxygen atoms in total. The summed E-state index contributed by atoms with van der Waals surface area (Å²) >= 11 is 3.42. The van der Waals surface area contributed by atoms with Crippen LogP contribution in [0.2, 0.25) is 0 Å². The average molecular weight is 367 g/mol. The molecule has 0 unspecified atom stereocenters. The van der Waals surface area contributed by atoms with Crippen molar-refractivity contribution in [1.29, 1.82) is 5.26 Å². The molecule has 0 fully saturated rings. The van der Waals surface area contributed by atoms with Crippen molar-refractivity contribution in [3.63, 3.8) is 0 Å². The molecule has 7 heteroatoms. The minimum Gasteiger partial charge on any atom is -0.339 e. The molecule has 1 heterocycles. The van der Waals surface area contributed by atoms with Gasteiger partial charge < -0.3 is 10.6 Å². The molecule has 0 aliphatic carbocycles. The molecule has 0 amide bonds. The first-order valence-corrected chi connectivity index (χ1v) is 7.52. The Balaban J connectivity index is 1.75. The summed E-state index contributed by atoms with van der Waals surface area (Å²) in [7, 11) is 0. The Labute approximate surface area is 141 Å². The first-order chi connectivity index (χ1) is 11.2. The van der Waals surface area contributed by atoms with Crippen molar-refractivity contribution in [3.8, 4) is 6.07 Å². The normalized spacial score (nSPS) is 9.91. The van der Waals surface area contributed by atoms with Crippen molar-refractivity contribution >= 4 is 39.1 Å². The molecule has 0 radical (unpaired) electrons. The van der Waals surface area contributed by atoms with Gasteiger partial charge in [-0.2, -0.15) is 15.3 Å². The Morgan fingerprint density at radius 2 is 1.83 bits per heavy atom. The Bertz CT molecular complexity index is 857. The number of aromatic nitrogens is 3. The third-order valence-electron chi connectivity index (χ3n) is 2.93. The Morgan fingerprint density at radius 1 is 1.00 bits per heavy atom. The van der Waals surface area contributed by atoms with Crippen molar-refractivity contribution in [1.82, 2.24) is 15.2 Å². The van der Waals surface area contributed by atoms with Gasteiger partial charge in [-0.05, 0) is 42.5 Å².